The van der Waals surface area contributed by atoms with Crippen LogP contribution in [0.25, 0.3) is 11.1 Å². The van der Waals surface area contributed by atoms with Crippen molar-refractivity contribution in [3.8, 4) is 11.1 Å². The standard InChI is InChI=1S/C12H16N4/c1-3-4-16-8-10(7-15-16)11-5-9(2)6-14-12(11)13/h5-8H,3-4H2,1-2H3,(H2,13,14). The Bertz CT molecular complexity index is 488. The van der Waals surface area contributed by atoms with Crippen molar-refractivity contribution in [2.75, 3.05) is 5.73 Å². The highest BCUT2D eigenvalue weighted by Gasteiger charge is 2.06. The van der Waals surface area contributed by atoms with E-state index in [1.807, 2.05) is 30.1 Å². The first-order chi connectivity index (χ1) is 7.70. The summed E-state index contributed by atoms with van der Waals surface area (Å²) in [6.45, 7) is 5.06. The van der Waals surface area contributed by atoms with Crippen LogP contribution in [0.15, 0.2) is 24.7 Å². The quantitative estimate of drug-likeness (QED) is 0.856. The van der Waals surface area contributed by atoms with Gasteiger partial charge < -0.3 is 5.73 Å². The minimum Gasteiger partial charge on any atom is -0.383 e. The Morgan fingerprint density at radius 1 is 1.38 bits per heavy atom. The Kier molecular flexibility index (Phi) is 2.90. The molecule has 0 saturated carbocycles. The third-order valence-electron chi connectivity index (χ3n) is 2.45. The minimum atomic E-state index is 0.557. The second-order valence-electron chi connectivity index (χ2n) is 3.94. The fourth-order valence-corrected chi connectivity index (χ4v) is 1.67. The summed E-state index contributed by atoms with van der Waals surface area (Å²) in [6, 6.07) is 2.04. The van der Waals surface area contributed by atoms with Crippen molar-refractivity contribution < 1.29 is 0 Å². The summed E-state index contributed by atoms with van der Waals surface area (Å²) in [5.41, 5.74) is 8.95. The van der Waals surface area contributed by atoms with E-state index >= 15 is 0 Å². The maximum absolute atomic E-state index is 5.86. The Balaban J connectivity index is 2.38. The molecular formula is C12H16N4. The summed E-state index contributed by atoms with van der Waals surface area (Å²) < 4.78 is 1.93. The van der Waals surface area contributed by atoms with Crippen LogP contribution < -0.4 is 5.73 Å². The molecule has 2 aromatic heterocycles. The molecule has 2 aromatic rings. The molecule has 2 heterocycles. The highest BCUT2D eigenvalue weighted by molar-refractivity contribution is 5.73. The van der Waals surface area contributed by atoms with Crippen molar-refractivity contribution in [2.24, 2.45) is 0 Å². The fourth-order valence-electron chi connectivity index (χ4n) is 1.67. The first-order valence-corrected chi connectivity index (χ1v) is 5.45. The summed E-state index contributed by atoms with van der Waals surface area (Å²) in [7, 11) is 0. The largest absolute Gasteiger partial charge is 0.383 e. The maximum atomic E-state index is 5.86. The van der Waals surface area contributed by atoms with Gasteiger partial charge in [0.05, 0.1) is 6.20 Å². The van der Waals surface area contributed by atoms with Gasteiger partial charge in [-0.05, 0) is 25.0 Å². The van der Waals surface area contributed by atoms with E-state index in [0.29, 0.717) is 5.82 Å². The van der Waals surface area contributed by atoms with Crippen LogP contribution in [-0.4, -0.2) is 14.8 Å². The van der Waals surface area contributed by atoms with Gasteiger partial charge in [0, 0.05) is 30.1 Å². The Morgan fingerprint density at radius 2 is 2.19 bits per heavy atom. The Morgan fingerprint density at radius 3 is 2.94 bits per heavy atom. The lowest BCUT2D eigenvalue weighted by Crippen LogP contribution is -1.96. The molecule has 0 amide bonds. The number of pyridine rings is 1. The van der Waals surface area contributed by atoms with E-state index in [2.05, 4.69) is 17.0 Å². The van der Waals surface area contributed by atoms with Gasteiger partial charge in [-0.3, -0.25) is 4.68 Å². The van der Waals surface area contributed by atoms with Crippen LogP contribution in [0.2, 0.25) is 0 Å². The topological polar surface area (TPSA) is 56.7 Å². The highest BCUT2D eigenvalue weighted by atomic mass is 15.3. The zero-order valence-corrected chi connectivity index (χ0v) is 9.64. The van der Waals surface area contributed by atoms with Crippen molar-refractivity contribution in [3.63, 3.8) is 0 Å². The summed E-state index contributed by atoms with van der Waals surface area (Å²) in [4.78, 5) is 4.15. The number of nitrogen functional groups attached to an aromatic ring is 1. The number of hydrogen-bond donors (Lipinski definition) is 1. The van der Waals surface area contributed by atoms with Gasteiger partial charge >= 0.3 is 0 Å². The van der Waals surface area contributed by atoms with E-state index in [0.717, 1.165) is 29.7 Å². The van der Waals surface area contributed by atoms with Crippen LogP contribution in [0.4, 0.5) is 5.82 Å². The van der Waals surface area contributed by atoms with Gasteiger partial charge in [-0.1, -0.05) is 6.92 Å². The van der Waals surface area contributed by atoms with Gasteiger partial charge in [0.2, 0.25) is 0 Å². The molecule has 0 aliphatic heterocycles. The maximum Gasteiger partial charge on any atom is 0.131 e. The van der Waals surface area contributed by atoms with Crippen LogP contribution in [0, 0.1) is 6.92 Å². The number of aryl methyl sites for hydroxylation is 2. The van der Waals surface area contributed by atoms with Crippen molar-refractivity contribution in [1.82, 2.24) is 14.8 Å². The summed E-state index contributed by atoms with van der Waals surface area (Å²) >= 11 is 0. The van der Waals surface area contributed by atoms with Gasteiger partial charge in [-0.25, -0.2) is 4.98 Å². The Labute approximate surface area is 95.1 Å². The number of nitrogens with zero attached hydrogens (tertiary/aromatic N) is 3. The lowest BCUT2D eigenvalue weighted by atomic mass is 10.1. The van der Waals surface area contributed by atoms with Crippen molar-refractivity contribution >= 4 is 5.82 Å². The number of aromatic nitrogens is 3. The molecule has 2 N–H and O–H groups in total. The smallest absolute Gasteiger partial charge is 0.131 e. The first-order valence-electron chi connectivity index (χ1n) is 5.45. The molecule has 4 nitrogen and oxygen atoms in total. The molecule has 0 atom stereocenters. The van der Waals surface area contributed by atoms with E-state index in [4.69, 9.17) is 5.73 Å². The van der Waals surface area contributed by atoms with Gasteiger partial charge in [0.15, 0.2) is 0 Å². The molecule has 0 spiro atoms. The average molecular weight is 216 g/mol. The Hall–Kier alpha value is -1.84. The number of anilines is 1. The summed E-state index contributed by atoms with van der Waals surface area (Å²) in [5.74, 6) is 0.557. The van der Waals surface area contributed by atoms with Gasteiger partial charge in [-0.2, -0.15) is 5.10 Å². The van der Waals surface area contributed by atoms with Crippen LogP contribution in [0.1, 0.15) is 18.9 Å². The predicted molar refractivity (Wildman–Crippen MR) is 64.9 cm³/mol. The molecule has 0 aliphatic carbocycles. The molecule has 0 saturated heterocycles. The molecule has 0 radical (unpaired) electrons. The first kappa shape index (κ1) is 10.7. The molecule has 0 fully saturated rings. The molecule has 0 aromatic carbocycles. The molecule has 84 valence electrons. The molecule has 2 rings (SSSR count). The molecule has 4 heteroatoms. The molecule has 0 aliphatic rings. The van der Waals surface area contributed by atoms with Gasteiger partial charge in [0.25, 0.3) is 0 Å². The van der Waals surface area contributed by atoms with Crippen LogP contribution in [0.5, 0.6) is 0 Å². The lowest BCUT2D eigenvalue weighted by Gasteiger charge is -2.02. The minimum absolute atomic E-state index is 0.557. The van der Waals surface area contributed by atoms with Gasteiger partial charge in [-0.15, -0.1) is 0 Å². The number of hydrogen-bond acceptors (Lipinski definition) is 3. The number of rotatable bonds is 3. The van der Waals surface area contributed by atoms with Gasteiger partial charge in [0.1, 0.15) is 5.82 Å². The average Bonchev–Trinajstić information content (AvgIpc) is 2.71. The van der Waals surface area contributed by atoms with E-state index in [9.17, 15) is 0 Å². The second kappa shape index (κ2) is 4.35. The van der Waals surface area contributed by atoms with Crippen molar-refractivity contribution in [3.05, 3.63) is 30.2 Å². The third kappa shape index (κ3) is 2.05. The SMILES string of the molecule is CCCn1cc(-c2cc(C)cnc2N)cn1. The number of nitrogens with two attached hydrogens (primary N) is 1. The monoisotopic (exact) mass is 216 g/mol. The van der Waals surface area contributed by atoms with Crippen molar-refractivity contribution in [1.29, 1.82) is 0 Å². The zero-order chi connectivity index (χ0) is 11.5. The van der Waals surface area contributed by atoms with E-state index in [1.165, 1.54) is 0 Å². The molecule has 0 bridgehead atoms. The van der Waals surface area contributed by atoms with Crippen LogP contribution in [-0.2, 0) is 6.54 Å². The fraction of sp³-hybridized carbons (Fsp3) is 0.333. The van der Waals surface area contributed by atoms with E-state index in [1.54, 1.807) is 6.20 Å². The van der Waals surface area contributed by atoms with Crippen molar-refractivity contribution in [2.45, 2.75) is 26.8 Å². The lowest BCUT2D eigenvalue weighted by molar-refractivity contribution is 0.603. The van der Waals surface area contributed by atoms with E-state index < -0.39 is 0 Å². The molecule has 16 heavy (non-hydrogen) atoms. The van der Waals surface area contributed by atoms with E-state index in [-0.39, 0.29) is 0 Å². The highest BCUT2D eigenvalue weighted by Crippen LogP contribution is 2.24. The summed E-state index contributed by atoms with van der Waals surface area (Å²) in [6.07, 6.45) is 6.69. The molecule has 0 unspecified atom stereocenters. The second-order valence-corrected chi connectivity index (χ2v) is 3.94. The third-order valence-corrected chi connectivity index (χ3v) is 2.45. The zero-order valence-electron chi connectivity index (χ0n) is 9.64. The van der Waals surface area contributed by atoms with Crippen LogP contribution in [0.3, 0.4) is 0 Å². The predicted octanol–water partition coefficient (Wildman–Crippen LogP) is 2.25. The normalized spacial score (nSPS) is 10.6. The van der Waals surface area contributed by atoms with Crippen LogP contribution >= 0.6 is 0 Å². The summed E-state index contributed by atoms with van der Waals surface area (Å²) in [5, 5.41) is 4.29. The molecular weight excluding hydrogens is 200 g/mol.